The molecule has 1 atom stereocenters. The summed E-state index contributed by atoms with van der Waals surface area (Å²) in [4.78, 5) is 0. The Kier molecular flexibility index (Phi) is 6.76. The summed E-state index contributed by atoms with van der Waals surface area (Å²) in [6.07, 6.45) is 4.79. The topological polar surface area (TPSA) is 47.3 Å². The molecule has 3 N–H and O–H groups in total. The maximum atomic E-state index is 5.76. The third-order valence-electron chi connectivity index (χ3n) is 3.44. The Labute approximate surface area is 111 Å². The number of nitrogens with two attached hydrogens (primary N) is 1. The van der Waals surface area contributed by atoms with Gasteiger partial charge >= 0.3 is 0 Å². The summed E-state index contributed by atoms with van der Waals surface area (Å²) in [5.74, 6) is 7.24. The quantitative estimate of drug-likeness (QED) is 0.549. The van der Waals surface area contributed by atoms with E-state index in [1.807, 2.05) is 12.1 Å². The van der Waals surface area contributed by atoms with Crippen molar-refractivity contribution in [3.05, 3.63) is 29.8 Å². The van der Waals surface area contributed by atoms with Gasteiger partial charge < -0.3 is 4.74 Å². The molecule has 0 aliphatic rings. The Bertz CT molecular complexity index is 318. The second-order valence-corrected chi connectivity index (χ2v) is 4.75. The van der Waals surface area contributed by atoms with Crippen molar-refractivity contribution >= 4 is 0 Å². The summed E-state index contributed by atoms with van der Waals surface area (Å²) in [6.45, 7) is 4.45. The summed E-state index contributed by atoms with van der Waals surface area (Å²) >= 11 is 0. The molecule has 0 saturated heterocycles. The minimum absolute atomic E-state index is 0.232. The predicted octanol–water partition coefficient (Wildman–Crippen LogP) is 3.42. The van der Waals surface area contributed by atoms with Crippen LogP contribution in [-0.4, -0.2) is 7.11 Å². The van der Waals surface area contributed by atoms with Crippen LogP contribution in [0, 0.1) is 5.92 Å². The lowest BCUT2D eigenvalue weighted by Gasteiger charge is -2.26. The number of hydrogen-bond donors (Lipinski definition) is 2. The van der Waals surface area contributed by atoms with Crippen molar-refractivity contribution in [3.63, 3.8) is 0 Å². The number of ether oxygens (including phenoxy) is 1. The van der Waals surface area contributed by atoms with E-state index in [2.05, 4.69) is 31.4 Å². The Morgan fingerprint density at radius 3 is 2.06 bits per heavy atom. The highest BCUT2D eigenvalue weighted by Gasteiger charge is 2.20. The van der Waals surface area contributed by atoms with Gasteiger partial charge in [0, 0.05) is 6.04 Å². The van der Waals surface area contributed by atoms with Crippen LogP contribution in [-0.2, 0) is 0 Å². The van der Waals surface area contributed by atoms with Crippen LogP contribution in [0.2, 0.25) is 0 Å². The van der Waals surface area contributed by atoms with Gasteiger partial charge in [-0.3, -0.25) is 11.3 Å². The van der Waals surface area contributed by atoms with Crippen molar-refractivity contribution < 1.29 is 4.74 Å². The van der Waals surface area contributed by atoms with Crippen LogP contribution in [0.25, 0.3) is 0 Å². The highest BCUT2D eigenvalue weighted by molar-refractivity contribution is 5.29. The molecule has 0 aliphatic heterocycles. The molecule has 0 spiro atoms. The van der Waals surface area contributed by atoms with Crippen molar-refractivity contribution in [2.45, 2.75) is 45.6 Å². The number of nitrogens with one attached hydrogen (secondary N) is 1. The highest BCUT2D eigenvalue weighted by atomic mass is 16.5. The molecular weight excluding hydrogens is 224 g/mol. The number of rotatable bonds is 8. The van der Waals surface area contributed by atoms with E-state index in [9.17, 15) is 0 Å². The van der Waals surface area contributed by atoms with Gasteiger partial charge in [0.1, 0.15) is 5.75 Å². The van der Waals surface area contributed by atoms with Gasteiger partial charge in [-0.05, 0) is 36.5 Å². The van der Waals surface area contributed by atoms with Crippen LogP contribution < -0.4 is 16.0 Å². The van der Waals surface area contributed by atoms with Crippen LogP contribution in [0.1, 0.15) is 51.1 Å². The Morgan fingerprint density at radius 2 is 1.67 bits per heavy atom. The fourth-order valence-electron chi connectivity index (χ4n) is 2.53. The second-order valence-electron chi connectivity index (χ2n) is 4.75. The van der Waals surface area contributed by atoms with E-state index in [0.717, 1.165) is 5.75 Å². The van der Waals surface area contributed by atoms with E-state index < -0.39 is 0 Å². The Morgan fingerprint density at radius 1 is 1.11 bits per heavy atom. The Balaban J connectivity index is 2.83. The van der Waals surface area contributed by atoms with Crippen LogP contribution in [0.3, 0.4) is 0 Å². The number of methoxy groups -OCH3 is 1. The Hall–Kier alpha value is -1.06. The maximum Gasteiger partial charge on any atom is 0.118 e. The number of hydrogen-bond acceptors (Lipinski definition) is 3. The van der Waals surface area contributed by atoms with Crippen molar-refractivity contribution in [3.8, 4) is 5.75 Å². The van der Waals surface area contributed by atoms with Gasteiger partial charge in [-0.1, -0.05) is 38.8 Å². The zero-order chi connectivity index (χ0) is 13.4. The fraction of sp³-hybridized carbons (Fsp3) is 0.600. The van der Waals surface area contributed by atoms with Crippen molar-refractivity contribution in [2.75, 3.05) is 7.11 Å². The summed E-state index contributed by atoms with van der Waals surface area (Å²) < 4.78 is 5.19. The molecular formula is C15H26N2O. The first-order valence-corrected chi connectivity index (χ1v) is 6.86. The molecule has 3 nitrogen and oxygen atoms in total. The van der Waals surface area contributed by atoms with Gasteiger partial charge in [-0.2, -0.15) is 0 Å². The predicted molar refractivity (Wildman–Crippen MR) is 76.4 cm³/mol. The molecule has 0 amide bonds. The van der Waals surface area contributed by atoms with Gasteiger partial charge in [0.05, 0.1) is 7.11 Å². The second kappa shape index (κ2) is 8.11. The van der Waals surface area contributed by atoms with Gasteiger partial charge in [-0.15, -0.1) is 0 Å². The van der Waals surface area contributed by atoms with Crippen molar-refractivity contribution in [1.29, 1.82) is 0 Å². The van der Waals surface area contributed by atoms with Gasteiger partial charge in [0.15, 0.2) is 0 Å². The normalized spacial score (nSPS) is 12.7. The molecule has 1 aromatic rings. The average molecular weight is 250 g/mol. The third kappa shape index (κ3) is 4.00. The first-order valence-electron chi connectivity index (χ1n) is 6.86. The number of hydrazine groups is 1. The summed E-state index contributed by atoms with van der Waals surface area (Å²) in [6, 6.07) is 8.42. The molecule has 0 aromatic heterocycles. The molecule has 1 aromatic carbocycles. The first-order chi connectivity index (χ1) is 8.76. The molecule has 102 valence electrons. The number of benzene rings is 1. The average Bonchev–Trinajstić information content (AvgIpc) is 2.41. The lowest BCUT2D eigenvalue weighted by Crippen LogP contribution is -2.33. The molecule has 1 rings (SSSR count). The highest BCUT2D eigenvalue weighted by Crippen LogP contribution is 2.29. The smallest absolute Gasteiger partial charge is 0.118 e. The lowest BCUT2D eigenvalue weighted by molar-refractivity contribution is 0.319. The summed E-state index contributed by atoms with van der Waals surface area (Å²) in [7, 11) is 1.69. The molecule has 3 heteroatoms. The molecule has 1 unspecified atom stereocenters. The van der Waals surface area contributed by atoms with E-state index in [1.165, 1.54) is 31.2 Å². The molecule has 0 radical (unpaired) electrons. The van der Waals surface area contributed by atoms with Gasteiger partial charge in [0.25, 0.3) is 0 Å². The minimum Gasteiger partial charge on any atom is -0.497 e. The molecule has 0 saturated carbocycles. The first kappa shape index (κ1) is 15.0. The van der Waals surface area contributed by atoms with Crippen LogP contribution in [0.4, 0.5) is 0 Å². The van der Waals surface area contributed by atoms with Crippen molar-refractivity contribution in [2.24, 2.45) is 11.8 Å². The van der Waals surface area contributed by atoms with Crippen LogP contribution in [0.15, 0.2) is 24.3 Å². The largest absolute Gasteiger partial charge is 0.497 e. The van der Waals surface area contributed by atoms with E-state index in [-0.39, 0.29) is 6.04 Å². The van der Waals surface area contributed by atoms with Gasteiger partial charge in [0.2, 0.25) is 0 Å². The zero-order valence-electron chi connectivity index (χ0n) is 11.8. The SMILES string of the molecule is CCCC(CCC)C(NN)c1ccc(OC)cc1. The summed E-state index contributed by atoms with van der Waals surface area (Å²) in [5.41, 5.74) is 4.23. The fourth-order valence-corrected chi connectivity index (χ4v) is 2.53. The van der Waals surface area contributed by atoms with Gasteiger partial charge in [-0.25, -0.2) is 0 Å². The van der Waals surface area contributed by atoms with E-state index in [0.29, 0.717) is 5.92 Å². The monoisotopic (exact) mass is 250 g/mol. The lowest BCUT2D eigenvalue weighted by atomic mass is 9.86. The van der Waals surface area contributed by atoms with E-state index in [4.69, 9.17) is 10.6 Å². The molecule has 18 heavy (non-hydrogen) atoms. The zero-order valence-corrected chi connectivity index (χ0v) is 11.8. The maximum absolute atomic E-state index is 5.76. The molecule has 0 heterocycles. The van der Waals surface area contributed by atoms with Crippen molar-refractivity contribution in [1.82, 2.24) is 5.43 Å². The van der Waals surface area contributed by atoms with Crippen LogP contribution >= 0.6 is 0 Å². The minimum atomic E-state index is 0.232. The van der Waals surface area contributed by atoms with E-state index >= 15 is 0 Å². The van der Waals surface area contributed by atoms with Crippen LogP contribution in [0.5, 0.6) is 5.75 Å². The molecule has 0 bridgehead atoms. The summed E-state index contributed by atoms with van der Waals surface area (Å²) in [5, 5.41) is 0. The third-order valence-corrected chi connectivity index (χ3v) is 3.44. The molecule has 0 aliphatic carbocycles. The molecule has 0 fully saturated rings. The van der Waals surface area contributed by atoms with E-state index in [1.54, 1.807) is 7.11 Å². The standard InChI is InChI=1S/C15H26N2O/c1-4-6-12(7-5-2)15(17-16)13-8-10-14(18-3)11-9-13/h8-12,15,17H,4-7,16H2,1-3H3.